The highest BCUT2D eigenvalue weighted by Gasteiger charge is 2.10. The molecule has 0 spiro atoms. The molecule has 5 heteroatoms. The first kappa shape index (κ1) is 9.26. The van der Waals surface area contributed by atoms with Crippen molar-refractivity contribution in [2.24, 2.45) is 0 Å². The van der Waals surface area contributed by atoms with Crippen LogP contribution in [0, 0.1) is 0 Å². The maximum Gasteiger partial charge on any atom is 0.187 e. The van der Waals surface area contributed by atoms with Crippen molar-refractivity contribution in [1.29, 1.82) is 0 Å². The van der Waals surface area contributed by atoms with Crippen LogP contribution in [0.3, 0.4) is 0 Å². The Bertz CT molecular complexity index is 490. The van der Waals surface area contributed by atoms with E-state index in [0.717, 1.165) is 0 Å². The summed E-state index contributed by atoms with van der Waals surface area (Å²) in [4.78, 5) is 12.8. The summed E-state index contributed by atoms with van der Waals surface area (Å²) in [6.45, 7) is 3.44. The molecule has 0 aliphatic rings. The van der Waals surface area contributed by atoms with Gasteiger partial charge in [0.05, 0.1) is 5.69 Å². The van der Waals surface area contributed by atoms with Gasteiger partial charge in [0.1, 0.15) is 0 Å². The zero-order valence-electron chi connectivity index (χ0n) is 7.87. The normalized spacial score (nSPS) is 9.87. The van der Waals surface area contributed by atoms with Crippen LogP contribution in [0.1, 0.15) is 10.4 Å². The molecule has 0 aliphatic heterocycles. The summed E-state index contributed by atoms with van der Waals surface area (Å²) in [6.07, 6.45) is 2.57. The van der Waals surface area contributed by atoms with E-state index in [1.807, 2.05) is 0 Å². The van der Waals surface area contributed by atoms with Crippen molar-refractivity contribution in [2.75, 3.05) is 0 Å². The Morgan fingerprint density at radius 1 is 1.40 bits per heavy atom. The number of carbonyl (C=O) groups is 1. The third kappa shape index (κ3) is 1.67. The van der Waals surface area contributed by atoms with Gasteiger partial charge >= 0.3 is 0 Å². The second kappa shape index (κ2) is 3.83. The van der Waals surface area contributed by atoms with E-state index in [1.54, 1.807) is 24.3 Å². The lowest BCUT2D eigenvalue weighted by Gasteiger charge is -2.03. The minimum atomic E-state index is -0.164. The molecule has 0 saturated carbocycles. The number of allylic oxidation sites excluding steroid dienone is 1. The average Bonchev–Trinajstić information content (AvgIpc) is 2.81. The van der Waals surface area contributed by atoms with E-state index in [4.69, 9.17) is 0 Å². The number of benzene rings is 1. The summed E-state index contributed by atoms with van der Waals surface area (Å²) >= 11 is 0. The molecule has 0 fully saturated rings. The lowest BCUT2D eigenvalue weighted by atomic mass is 10.1. The van der Waals surface area contributed by atoms with Crippen LogP contribution >= 0.6 is 0 Å². The minimum absolute atomic E-state index is 0.164. The summed E-state index contributed by atoms with van der Waals surface area (Å²) < 4.78 is 0. The van der Waals surface area contributed by atoms with E-state index in [2.05, 4.69) is 22.0 Å². The predicted octanol–water partition coefficient (Wildman–Crippen LogP) is 1.03. The molecule has 0 bridgehead atoms. The van der Waals surface area contributed by atoms with Crippen molar-refractivity contribution in [3.8, 4) is 5.69 Å². The van der Waals surface area contributed by atoms with E-state index >= 15 is 0 Å². The number of nitrogens with zero attached hydrogens (tertiary/aromatic N) is 4. The summed E-state index contributed by atoms with van der Waals surface area (Å²) in [6, 6.07) is 7.02. The first-order valence-electron chi connectivity index (χ1n) is 4.32. The zero-order valence-corrected chi connectivity index (χ0v) is 7.87. The van der Waals surface area contributed by atoms with Crippen molar-refractivity contribution in [3.05, 3.63) is 48.8 Å². The van der Waals surface area contributed by atoms with Crippen LogP contribution < -0.4 is 0 Å². The zero-order chi connectivity index (χ0) is 10.7. The highest BCUT2D eigenvalue weighted by atomic mass is 16.1. The van der Waals surface area contributed by atoms with E-state index < -0.39 is 0 Å². The van der Waals surface area contributed by atoms with Gasteiger partial charge in [-0.1, -0.05) is 18.7 Å². The maximum absolute atomic E-state index is 11.5. The molecule has 0 atom stereocenters. The molecule has 2 rings (SSSR count). The Hall–Kier alpha value is -2.30. The number of carbonyl (C=O) groups excluding carboxylic acids is 1. The van der Waals surface area contributed by atoms with Crippen LogP contribution in [-0.4, -0.2) is 26.0 Å². The summed E-state index contributed by atoms with van der Waals surface area (Å²) in [5, 5.41) is 11.2. The number of tetrazole rings is 1. The number of hydrogen-bond acceptors (Lipinski definition) is 4. The van der Waals surface area contributed by atoms with Gasteiger partial charge in [-0.15, -0.1) is 15.0 Å². The van der Waals surface area contributed by atoms with Gasteiger partial charge in [0.25, 0.3) is 0 Å². The molecule has 0 aliphatic carbocycles. The lowest BCUT2D eigenvalue weighted by Crippen LogP contribution is -2.06. The summed E-state index contributed by atoms with van der Waals surface area (Å²) in [5.41, 5.74) is 1.10. The van der Waals surface area contributed by atoms with Gasteiger partial charge in [-0.05, 0) is 23.4 Å². The first-order chi connectivity index (χ1) is 7.33. The molecule has 15 heavy (non-hydrogen) atoms. The standard InChI is InChI=1S/C10H8N4O/c1-2-10(15)8-5-3-4-6-9(8)14-12-7-11-13-14/h2-7H,1H2. The van der Waals surface area contributed by atoms with Crippen LogP contribution in [0.15, 0.2) is 43.2 Å². The van der Waals surface area contributed by atoms with Gasteiger partial charge in [-0.25, -0.2) is 0 Å². The molecule has 1 aromatic carbocycles. The van der Waals surface area contributed by atoms with E-state index in [-0.39, 0.29) is 5.78 Å². The Balaban J connectivity index is 2.57. The van der Waals surface area contributed by atoms with Crippen molar-refractivity contribution in [3.63, 3.8) is 0 Å². The monoisotopic (exact) mass is 200 g/mol. The molecule has 74 valence electrons. The second-order valence-electron chi connectivity index (χ2n) is 2.81. The molecule has 1 aromatic heterocycles. The highest BCUT2D eigenvalue weighted by Crippen LogP contribution is 2.12. The van der Waals surface area contributed by atoms with Gasteiger partial charge in [0, 0.05) is 5.56 Å². The number of hydrogen-bond donors (Lipinski definition) is 0. The average molecular weight is 200 g/mol. The van der Waals surface area contributed by atoms with Gasteiger partial charge in [0.2, 0.25) is 0 Å². The molecular weight excluding hydrogens is 192 g/mol. The van der Waals surface area contributed by atoms with Crippen LogP contribution in [0.25, 0.3) is 5.69 Å². The third-order valence-corrected chi connectivity index (χ3v) is 1.92. The van der Waals surface area contributed by atoms with E-state index in [0.29, 0.717) is 11.3 Å². The molecule has 5 nitrogen and oxygen atoms in total. The second-order valence-corrected chi connectivity index (χ2v) is 2.81. The molecule has 0 N–H and O–H groups in total. The van der Waals surface area contributed by atoms with Crippen LogP contribution in [0.2, 0.25) is 0 Å². The Labute approximate surface area is 86.0 Å². The molecule has 0 unspecified atom stereocenters. The van der Waals surface area contributed by atoms with Crippen LogP contribution in [0.4, 0.5) is 0 Å². The lowest BCUT2D eigenvalue weighted by molar-refractivity contribution is 0.104. The van der Waals surface area contributed by atoms with Crippen molar-refractivity contribution in [1.82, 2.24) is 20.2 Å². The Morgan fingerprint density at radius 2 is 2.20 bits per heavy atom. The van der Waals surface area contributed by atoms with Gasteiger partial charge < -0.3 is 0 Å². The van der Waals surface area contributed by atoms with Gasteiger partial charge in [0.15, 0.2) is 12.1 Å². The Kier molecular flexibility index (Phi) is 2.37. The minimum Gasteiger partial charge on any atom is -0.289 e. The highest BCUT2D eigenvalue weighted by molar-refractivity contribution is 6.06. The summed E-state index contributed by atoms with van der Waals surface area (Å²) in [5.74, 6) is -0.164. The summed E-state index contributed by atoms with van der Waals surface area (Å²) in [7, 11) is 0. The number of ketones is 1. The smallest absolute Gasteiger partial charge is 0.187 e. The van der Waals surface area contributed by atoms with Gasteiger partial charge in [-0.2, -0.15) is 0 Å². The third-order valence-electron chi connectivity index (χ3n) is 1.92. The molecule has 2 aromatic rings. The van der Waals surface area contributed by atoms with Gasteiger partial charge in [-0.3, -0.25) is 4.79 Å². The molecule has 1 heterocycles. The number of para-hydroxylation sites is 1. The number of aromatic nitrogens is 4. The fraction of sp³-hybridized carbons (Fsp3) is 0. The molecule has 0 radical (unpaired) electrons. The van der Waals surface area contributed by atoms with Crippen molar-refractivity contribution >= 4 is 5.78 Å². The van der Waals surface area contributed by atoms with Crippen molar-refractivity contribution in [2.45, 2.75) is 0 Å². The fourth-order valence-corrected chi connectivity index (χ4v) is 1.24. The Morgan fingerprint density at radius 3 is 2.87 bits per heavy atom. The van der Waals surface area contributed by atoms with E-state index in [9.17, 15) is 4.79 Å². The van der Waals surface area contributed by atoms with Crippen LogP contribution in [0.5, 0.6) is 0 Å². The quantitative estimate of drug-likeness (QED) is 0.548. The van der Waals surface area contributed by atoms with Crippen molar-refractivity contribution < 1.29 is 4.79 Å². The SMILES string of the molecule is C=CC(=O)c1ccccc1-n1ncnn1. The first-order valence-corrected chi connectivity index (χ1v) is 4.32. The molecule has 0 amide bonds. The van der Waals surface area contributed by atoms with E-state index in [1.165, 1.54) is 17.2 Å². The topological polar surface area (TPSA) is 60.7 Å². The van der Waals surface area contributed by atoms with Crippen LogP contribution in [-0.2, 0) is 0 Å². The maximum atomic E-state index is 11.5. The molecule has 0 saturated heterocycles. The largest absolute Gasteiger partial charge is 0.289 e. The number of rotatable bonds is 3. The fourth-order valence-electron chi connectivity index (χ4n) is 1.24. The predicted molar refractivity (Wildman–Crippen MR) is 53.7 cm³/mol. The molecular formula is C10H8N4O.